The molecular weight excluding hydrogens is 619 g/mol. The number of morpholine rings is 1. The zero-order valence-electron chi connectivity index (χ0n) is 25.7. The lowest BCUT2D eigenvalue weighted by Crippen LogP contribution is -2.45. The van der Waals surface area contributed by atoms with Gasteiger partial charge in [0.15, 0.2) is 6.61 Å². The third-order valence-corrected chi connectivity index (χ3v) is 8.17. The highest BCUT2D eigenvalue weighted by Gasteiger charge is 2.32. The van der Waals surface area contributed by atoms with Crippen LogP contribution in [0.3, 0.4) is 0 Å². The number of hydrogen-bond donors (Lipinski definition) is 1. The highest BCUT2D eigenvalue weighted by molar-refractivity contribution is 5.67. The van der Waals surface area contributed by atoms with Crippen molar-refractivity contribution in [3.05, 3.63) is 48.7 Å². The number of nitrogens with one attached hydrogen (secondary N) is 1. The second-order valence-corrected chi connectivity index (χ2v) is 11.5. The molecule has 17 heteroatoms. The Morgan fingerprint density at radius 2 is 1.83 bits per heavy atom. The van der Waals surface area contributed by atoms with Gasteiger partial charge in [-0.15, -0.1) is 10.2 Å². The zero-order chi connectivity index (χ0) is 32.8. The van der Waals surface area contributed by atoms with Crippen molar-refractivity contribution >= 4 is 11.6 Å². The molecule has 1 aliphatic carbocycles. The van der Waals surface area contributed by atoms with Crippen molar-refractivity contribution in [3.8, 4) is 28.8 Å². The van der Waals surface area contributed by atoms with Crippen LogP contribution in [0, 0.1) is 11.3 Å². The van der Waals surface area contributed by atoms with E-state index in [0.29, 0.717) is 35.0 Å². The molecule has 0 unspecified atom stereocenters. The Labute approximate surface area is 268 Å². The maximum atomic E-state index is 13.1. The van der Waals surface area contributed by atoms with E-state index in [1.54, 1.807) is 41.5 Å². The topological polar surface area (TPSA) is 154 Å². The molecule has 6 rings (SSSR count). The fourth-order valence-corrected chi connectivity index (χ4v) is 5.87. The minimum absolute atomic E-state index is 0.0303. The summed E-state index contributed by atoms with van der Waals surface area (Å²) in [5.41, 5.74) is 1.94. The first kappa shape index (κ1) is 32.1. The van der Waals surface area contributed by atoms with Gasteiger partial charge in [0.1, 0.15) is 29.9 Å². The first-order chi connectivity index (χ1) is 22.7. The molecule has 3 aromatic heterocycles. The van der Waals surface area contributed by atoms with E-state index in [-0.39, 0.29) is 29.7 Å². The quantitative estimate of drug-likeness (QED) is 0.247. The Hall–Kier alpha value is -4.82. The molecule has 2 aliphatic rings. The molecule has 0 amide bonds. The number of ether oxygens (including phenoxy) is 3. The molecule has 0 bridgehead atoms. The lowest BCUT2D eigenvalue weighted by atomic mass is 9.90. The number of tetrazole rings is 1. The van der Waals surface area contributed by atoms with E-state index in [4.69, 9.17) is 14.2 Å². The lowest BCUT2D eigenvalue weighted by Gasteiger charge is -2.38. The van der Waals surface area contributed by atoms with E-state index in [9.17, 15) is 18.4 Å². The number of rotatable bonds is 11. The summed E-state index contributed by atoms with van der Waals surface area (Å²) < 4.78 is 59.0. The van der Waals surface area contributed by atoms with Crippen LogP contribution in [0.15, 0.2) is 43.1 Å². The average Bonchev–Trinajstić information content (AvgIpc) is 3.74. The fraction of sp³-hybridized carbons (Fsp3) is 0.500. The van der Waals surface area contributed by atoms with Crippen molar-refractivity contribution in [2.75, 3.05) is 38.2 Å². The maximum Gasteiger partial charge on any atom is 0.422 e. The first-order valence-corrected chi connectivity index (χ1v) is 15.4. The third-order valence-electron chi connectivity index (χ3n) is 8.17. The van der Waals surface area contributed by atoms with E-state index < -0.39 is 12.8 Å². The molecular formula is C30H34F3N11O3. The number of hydrogen-bond acceptors (Lipinski definition) is 12. The number of nitrogens with zero attached hydrogens (tertiary/aromatic N) is 10. The highest BCUT2D eigenvalue weighted by Crippen LogP contribution is 2.35. The average molecular weight is 654 g/mol. The molecule has 47 heavy (non-hydrogen) atoms. The second kappa shape index (κ2) is 14.3. The van der Waals surface area contributed by atoms with E-state index >= 15 is 0 Å². The smallest absolute Gasteiger partial charge is 0.422 e. The maximum absolute atomic E-state index is 13.1. The molecule has 4 heterocycles. The van der Waals surface area contributed by atoms with Crippen molar-refractivity contribution in [1.29, 1.82) is 5.26 Å². The normalized spacial score (nSPS) is 19.6. The van der Waals surface area contributed by atoms with Crippen LogP contribution >= 0.6 is 0 Å². The van der Waals surface area contributed by atoms with Crippen LogP contribution < -0.4 is 14.8 Å². The molecule has 1 atom stereocenters. The van der Waals surface area contributed by atoms with Crippen LogP contribution in [0.4, 0.5) is 24.8 Å². The van der Waals surface area contributed by atoms with E-state index in [1.807, 2.05) is 6.92 Å². The summed E-state index contributed by atoms with van der Waals surface area (Å²) in [7, 11) is 0. The molecule has 1 N–H and O–H groups in total. The van der Waals surface area contributed by atoms with E-state index in [2.05, 4.69) is 46.9 Å². The summed E-state index contributed by atoms with van der Waals surface area (Å²) >= 11 is 0. The summed E-state index contributed by atoms with van der Waals surface area (Å²) in [6.07, 6.45) is 5.04. The minimum atomic E-state index is -4.52. The van der Waals surface area contributed by atoms with Crippen molar-refractivity contribution in [2.24, 2.45) is 0 Å². The van der Waals surface area contributed by atoms with Gasteiger partial charge in [0.25, 0.3) is 5.88 Å². The Kier molecular flexibility index (Phi) is 9.78. The Balaban J connectivity index is 1.15. The SMILES string of the molecule is C[C@@H](Cn1cnnn1)Oc1cc(-c2cnc(Nc3cn(C4CCC(N5CCOCC5)CC4)nc3OCC(F)(F)F)nc2)ccc1C#N. The molecule has 1 saturated heterocycles. The van der Waals surface area contributed by atoms with Crippen LogP contribution in [0.2, 0.25) is 0 Å². The summed E-state index contributed by atoms with van der Waals surface area (Å²) in [4.78, 5) is 11.2. The molecule has 1 aliphatic heterocycles. The van der Waals surface area contributed by atoms with Gasteiger partial charge >= 0.3 is 6.18 Å². The van der Waals surface area contributed by atoms with Gasteiger partial charge in [-0.05, 0) is 60.7 Å². The molecule has 4 aromatic rings. The van der Waals surface area contributed by atoms with Crippen LogP contribution in [-0.2, 0) is 11.3 Å². The standard InChI is InChI=1S/C30H34F3N11O3/c1-20(16-43-19-37-40-41-43)47-27-12-21(2-3-22(27)13-34)23-14-35-29(36-15-23)38-26-17-44(39-28(26)46-18-30(31,32)33)25-6-4-24(5-7-25)42-8-10-45-11-9-42/h2-3,12,14-15,17,19-20,24-25H,4-11,16,18H2,1H3,(H,35,36,38)/t20-,24?,25?/m0/s1. The van der Waals surface area contributed by atoms with Gasteiger partial charge < -0.3 is 19.5 Å². The molecule has 1 aromatic carbocycles. The van der Waals surface area contributed by atoms with E-state index in [1.165, 1.54) is 11.0 Å². The number of anilines is 2. The predicted octanol–water partition coefficient (Wildman–Crippen LogP) is 4.17. The number of halogens is 3. The molecule has 1 saturated carbocycles. The molecule has 14 nitrogen and oxygen atoms in total. The van der Waals surface area contributed by atoms with Gasteiger partial charge in [0, 0.05) is 37.1 Å². The molecule has 248 valence electrons. The number of aromatic nitrogens is 8. The van der Waals surface area contributed by atoms with E-state index in [0.717, 1.165) is 52.0 Å². The predicted molar refractivity (Wildman–Crippen MR) is 161 cm³/mol. The Morgan fingerprint density at radius 3 is 2.51 bits per heavy atom. The van der Waals surface area contributed by atoms with Crippen LogP contribution in [0.1, 0.15) is 44.2 Å². The van der Waals surface area contributed by atoms with Gasteiger partial charge in [0.05, 0.1) is 37.6 Å². The number of alkyl halides is 3. The molecule has 0 spiro atoms. The fourth-order valence-electron chi connectivity index (χ4n) is 5.87. The Morgan fingerprint density at radius 1 is 1.09 bits per heavy atom. The monoisotopic (exact) mass is 653 g/mol. The summed E-state index contributed by atoms with van der Waals surface area (Å²) in [5, 5.41) is 28.0. The number of benzene rings is 1. The van der Waals surface area contributed by atoms with Gasteiger partial charge in [-0.2, -0.15) is 18.4 Å². The van der Waals surface area contributed by atoms with Gasteiger partial charge in [0.2, 0.25) is 5.95 Å². The Bertz CT molecular complexity index is 1640. The zero-order valence-corrected chi connectivity index (χ0v) is 25.7. The molecule has 2 fully saturated rings. The minimum Gasteiger partial charge on any atom is -0.487 e. The van der Waals surface area contributed by atoms with Crippen LogP contribution in [-0.4, -0.2) is 96.1 Å². The van der Waals surface area contributed by atoms with Crippen molar-refractivity contribution < 1.29 is 27.4 Å². The summed E-state index contributed by atoms with van der Waals surface area (Å²) in [6.45, 7) is 4.06. The molecule has 0 radical (unpaired) electrons. The van der Waals surface area contributed by atoms with Gasteiger partial charge in [-0.3, -0.25) is 9.58 Å². The van der Waals surface area contributed by atoms with Crippen molar-refractivity contribution in [2.45, 2.75) is 63.5 Å². The highest BCUT2D eigenvalue weighted by atomic mass is 19.4. The van der Waals surface area contributed by atoms with Gasteiger partial charge in [-0.25, -0.2) is 14.6 Å². The lowest BCUT2D eigenvalue weighted by molar-refractivity contribution is -0.154. The van der Waals surface area contributed by atoms with Crippen LogP contribution in [0.5, 0.6) is 11.6 Å². The van der Waals surface area contributed by atoms with Gasteiger partial charge in [-0.1, -0.05) is 6.07 Å². The van der Waals surface area contributed by atoms with Crippen LogP contribution in [0.25, 0.3) is 11.1 Å². The van der Waals surface area contributed by atoms with Crippen molar-refractivity contribution in [3.63, 3.8) is 0 Å². The number of nitriles is 1. The second-order valence-electron chi connectivity index (χ2n) is 11.5. The largest absolute Gasteiger partial charge is 0.487 e. The third kappa shape index (κ3) is 8.32. The van der Waals surface area contributed by atoms with Crippen molar-refractivity contribution in [1.82, 2.24) is 44.9 Å². The summed E-state index contributed by atoms with van der Waals surface area (Å²) in [6, 6.07) is 7.75. The summed E-state index contributed by atoms with van der Waals surface area (Å²) in [5.74, 6) is 0.363. The first-order valence-electron chi connectivity index (χ1n) is 15.4.